The second kappa shape index (κ2) is 12.4. The Morgan fingerprint density at radius 3 is 2.43 bits per heavy atom. The zero-order chi connectivity index (χ0) is 15.3. The van der Waals surface area contributed by atoms with Crippen molar-refractivity contribution in [1.82, 2.24) is 15.3 Å². The first-order chi connectivity index (χ1) is 10.2. The lowest BCUT2D eigenvalue weighted by molar-refractivity contribution is 0.0161. The minimum absolute atomic E-state index is 0.412. The zero-order valence-corrected chi connectivity index (χ0v) is 14.0. The summed E-state index contributed by atoms with van der Waals surface area (Å²) in [7, 11) is 2.14. The summed E-state index contributed by atoms with van der Waals surface area (Å²) in [5.41, 5.74) is 3.29. The van der Waals surface area contributed by atoms with Crippen LogP contribution in [0.2, 0.25) is 0 Å². The molecule has 1 fully saturated rings. The summed E-state index contributed by atoms with van der Waals surface area (Å²) in [5.74, 6) is 0. The number of ether oxygens (including phenoxy) is 1. The van der Waals surface area contributed by atoms with Crippen LogP contribution in [0.1, 0.15) is 45.4 Å². The summed E-state index contributed by atoms with van der Waals surface area (Å²) in [6.45, 7) is 8.23. The van der Waals surface area contributed by atoms with Crippen LogP contribution in [0.5, 0.6) is 0 Å². The van der Waals surface area contributed by atoms with Gasteiger partial charge < -0.3 is 14.7 Å². The van der Waals surface area contributed by atoms with Gasteiger partial charge in [0.2, 0.25) is 0 Å². The third-order valence-electron chi connectivity index (χ3n) is 4.01. The lowest BCUT2D eigenvalue weighted by atomic mass is 10.1. The van der Waals surface area contributed by atoms with E-state index in [0.717, 1.165) is 39.2 Å². The van der Waals surface area contributed by atoms with E-state index in [1.165, 1.54) is 32.1 Å². The molecule has 5 heteroatoms. The second-order valence-corrected chi connectivity index (χ2v) is 6.15. The minimum Gasteiger partial charge on any atom is -0.389 e. The van der Waals surface area contributed by atoms with E-state index in [0.29, 0.717) is 13.2 Å². The number of rotatable bonds is 12. The summed E-state index contributed by atoms with van der Waals surface area (Å²) >= 11 is 0. The van der Waals surface area contributed by atoms with Gasteiger partial charge in [0.25, 0.3) is 0 Å². The highest BCUT2D eigenvalue weighted by Crippen LogP contribution is 2.05. The fourth-order valence-corrected chi connectivity index (χ4v) is 2.46. The van der Waals surface area contributed by atoms with Crippen molar-refractivity contribution in [2.75, 3.05) is 53.0 Å². The summed E-state index contributed by atoms with van der Waals surface area (Å²) in [5, 5.41) is 12.1. The molecule has 0 radical (unpaired) electrons. The summed E-state index contributed by atoms with van der Waals surface area (Å²) in [6, 6.07) is 0. The van der Waals surface area contributed by atoms with Gasteiger partial charge in [-0.2, -0.15) is 0 Å². The number of nitrogens with one attached hydrogen (secondary N) is 1. The van der Waals surface area contributed by atoms with E-state index in [4.69, 9.17) is 4.74 Å². The molecule has 2 N–H and O–H groups in total. The van der Waals surface area contributed by atoms with Gasteiger partial charge in [0.1, 0.15) is 0 Å². The Labute approximate surface area is 130 Å². The molecule has 0 aromatic heterocycles. The lowest BCUT2D eigenvalue weighted by Gasteiger charge is -2.33. The number of aliphatic hydroxyl groups is 1. The van der Waals surface area contributed by atoms with Crippen molar-refractivity contribution >= 4 is 0 Å². The SMILES string of the molecule is CCCCCCCCOCC(O)CNN1CCN(C)CC1. The highest BCUT2D eigenvalue weighted by molar-refractivity contribution is 4.67. The molecule has 5 nitrogen and oxygen atoms in total. The van der Waals surface area contributed by atoms with Crippen molar-refractivity contribution in [3.63, 3.8) is 0 Å². The molecular formula is C16H35N3O2. The highest BCUT2D eigenvalue weighted by Gasteiger charge is 2.14. The minimum atomic E-state index is -0.412. The summed E-state index contributed by atoms with van der Waals surface area (Å²) < 4.78 is 5.54. The van der Waals surface area contributed by atoms with E-state index in [-0.39, 0.29) is 0 Å². The Morgan fingerprint density at radius 1 is 1.05 bits per heavy atom. The van der Waals surface area contributed by atoms with Crippen molar-refractivity contribution in [1.29, 1.82) is 0 Å². The van der Waals surface area contributed by atoms with Gasteiger partial charge >= 0.3 is 0 Å². The van der Waals surface area contributed by atoms with Gasteiger partial charge in [-0.25, -0.2) is 5.01 Å². The van der Waals surface area contributed by atoms with Crippen molar-refractivity contribution in [3.8, 4) is 0 Å². The van der Waals surface area contributed by atoms with Gasteiger partial charge in [-0.1, -0.05) is 39.0 Å². The first-order valence-electron chi connectivity index (χ1n) is 8.65. The standard InChI is InChI=1S/C16H35N3O2/c1-3-4-5-6-7-8-13-21-15-16(20)14-17-19-11-9-18(2)10-12-19/h16-17,20H,3-15H2,1-2H3. The molecule has 21 heavy (non-hydrogen) atoms. The molecule has 1 atom stereocenters. The monoisotopic (exact) mass is 301 g/mol. The van der Waals surface area contributed by atoms with E-state index in [2.05, 4.69) is 29.3 Å². The fraction of sp³-hybridized carbons (Fsp3) is 1.00. The number of hydrogen-bond acceptors (Lipinski definition) is 5. The Hall–Kier alpha value is -0.200. The maximum Gasteiger partial charge on any atom is 0.0911 e. The van der Waals surface area contributed by atoms with Crippen LogP contribution in [-0.4, -0.2) is 74.1 Å². The van der Waals surface area contributed by atoms with Crippen LogP contribution in [0.15, 0.2) is 0 Å². The van der Waals surface area contributed by atoms with Crippen molar-refractivity contribution < 1.29 is 9.84 Å². The molecule has 1 heterocycles. The van der Waals surface area contributed by atoms with Crippen LogP contribution in [-0.2, 0) is 4.74 Å². The van der Waals surface area contributed by atoms with Gasteiger partial charge in [-0.3, -0.25) is 5.43 Å². The number of aliphatic hydroxyl groups excluding tert-OH is 1. The number of likely N-dealkylation sites (N-methyl/N-ethyl adjacent to an activating group) is 1. The molecule has 126 valence electrons. The molecule has 0 amide bonds. The Kier molecular flexibility index (Phi) is 11.1. The maximum absolute atomic E-state index is 9.88. The number of nitrogens with zero attached hydrogens (tertiary/aromatic N) is 2. The lowest BCUT2D eigenvalue weighted by Crippen LogP contribution is -2.52. The van der Waals surface area contributed by atoms with E-state index < -0.39 is 6.10 Å². The smallest absolute Gasteiger partial charge is 0.0911 e. The van der Waals surface area contributed by atoms with Gasteiger partial charge in [-0.05, 0) is 13.5 Å². The van der Waals surface area contributed by atoms with Crippen LogP contribution in [0.3, 0.4) is 0 Å². The second-order valence-electron chi connectivity index (χ2n) is 6.15. The molecule has 0 aliphatic carbocycles. The van der Waals surface area contributed by atoms with Gasteiger partial charge in [0, 0.05) is 39.3 Å². The third kappa shape index (κ3) is 10.2. The molecule has 0 aromatic rings. The van der Waals surface area contributed by atoms with Crippen LogP contribution >= 0.6 is 0 Å². The average Bonchev–Trinajstić information content (AvgIpc) is 2.49. The van der Waals surface area contributed by atoms with E-state index in [1.807, 2.05) is 0 Å². The first kappa shape index (κ1) is 18.8. The molecule has 1 unspecified atom stereocenters. The summed E-state index contributed by atoms with van der Waals surface area (Å²) in [4.78, 5) is 2.32. The van der Waals surface area contributed by atoms with E-state index in [9.17, 15) is 5.11 Å². The normalized spacial score (nSPS) is 19.0. The molecule has 1 aliphatic heterocycles. The van der Waals surface area contributed by atoms with E-state index >= 15 is 0 Å². The highest BCUT2D eigenvalue weighted by atomic mass is 16.5. The topological polar surface area (TPSA) is 48.0 Å². The van der Waals surface area contributed by atoms with Gasteiger partial charge in [-0.15, -0.1) is 0 Å². The predicted octanol–water partition coefficient (Wildman–Crippen LogP) is 1.48. The number of piperazine rings is 1. The zero-order valence-electron chi connectivity index (χ0n) is 14.0. The number of hydrazine groups is 1. The van der Waals surface area contributed by atoms with E-state index in [1.54, 1.807) is 0 Å². The predicted molar refractivity (Wildman–Crippen MR) is 87.3 cm³/mol. The fourth-order valence-electron chi connectivity index (χ4n) is 2.46. The van der Waals surface area contributed by atoms with Gasteiger partial charge in [0.05, 0.1) is 12.7 Å². The number of unbranched alkanes of at least 4 members (excludes halogenated alkanes) is 5. The van der Waals surface area contributed by atoms with Crippen LogP contribution in [0.25, 0.3) is 0 Å². The average molecular weight is 301 g/mol. The van der Waals surface area contributed by atoms with Crippen molar-refractivity contribution in [3.05, 3.63) is 0 Å². The third-order valence-corrected chi connectivity index (χ3v) is 4.01. The molecule has 1 saturated heterocycles. The van der Waals surface area contributed by atoms with Crippen LogP contribution in [0, 0.1) is 0 Å². The Morgan fingerprint density at radius 2 is 1.71 bits per heavy atom. The maximum atomic E-state index is 9.88. The quantitative estimate of drug-likeness (QED) is 0.535. The molecular weight excluding hydrogens is 266 g/mol. The van der Waals surface area contributed by atoms with Crippen LogP contribution < -0.4 is 5.43 Å². The van der Waals surface area contributed by atoms with Crippen molar-refractivity contribution in [2.24, 2.45) is 0 Å². The number of hydrogen-bond donors (Lipinski definition) is 2. The molecule has 1 rings (SSSR count). The Bertz CT molecular complexity index is 234. The van der Waals surface area contributed by atoms with Crippen molar-refractivity contribution in [2.45, 2.75) is 51.6 Å². The molecule has 0 spiro atoms. The molecule has 0 aromatic carbocycles. The van der Waals surface area contributed by atoms with Gasteiger partial charge in [0.15, 0.2) is 0 Å². The molecule has 0 saturated carbocycles. The first-order valence-corrected chi connectivity index (χ1v) is 8.65. The molecule has 1 aliphatic rings. The largest absolute Gasteiger partial charge is 0.389 e. The van der Waals surface area contributed by atoms with Crippen LogP contribution in [0.4, 0.5) is 0 Å². The Balaban J connectivity index is 1.86. The summed E-state index contributed by atoms with van der Waals surface area (Å²) in [6.07, 6.45) is 7.24. The molecule has 0 bridgehead atoms.